The van der Waals surface area contributed by atoms with Crippen molar-refractivity contribution in [1.82, 2.24) is 0 Å². The molecule has 1 unspecified atom stereocenters. The van der Waals surface area contributed by atoms with Gasteiger partial charge in [-0.05, 0) is 0 Å². The van der Waals surface area contributed by atoms with Gasteiger partial charge in [-0.15, -0.1) is 34.8 Å². The number of halogens is 3. The van der Waals surface area contributed by atoms with Gasteiger partial charge in [0.05, 0.1) is 0 Å². The van der Waals surface area contributed by atoms with Crippen LogP contribution in [0.25, 0.3) is 0 Å². The van der Waals surface area contributed by atoms with Crippen LogP contribution < -0.4 is 0 Å². The molecule has 1 atom stereocenters. The molecule has 1 nitrogen and oxygen atoms in total. The van der Waals surface area contributed by atoms with Gasteiger partial charge in [0.1, 0.15) is 9.95 Å². The summed E-state index contributed by atoms with van der Waals surface area (Å²) in [5, 5.41) is -0.677. The average Bonchev–Trinajstić information content (AvgIpc) is 1.65. The largest absolute Gasteiger partial charge is 0.273 e. The molecule has 7 heavy (non-hydrogen) atoms. The summed E-state index contributed by atoms with van der Waals surface area (Å²) in [5.41, 5.74) is 0. The van der Waals surface area contributed by atoms with E-state index in [2.05, 4.69) is 0 Å². The zero-order valence-corrected chi connectivity index (χ0v) is 6.31. The molecule has 0 heterocycles. The van der Waals surface area contributed by atoms with E-state index in [1.165, 1.54) is 0 Å². The first kappa shape index (κ1) is 7.97. The molecule has 42 valence electrons. The summed E-state index contributed by atoms with van der Waals surface area (Å²) in [6, 6.07) is 0. The highest BCUT2D eigenvalue weighted by atomic mass is 35.5. The van der Waals surface area contributed by atoms with E-state index < -0.39 is 9.95 Å². The van der Waals surface area contributed by atoms with Crippen LogP contribution in [0.5, 0.6) is 0 Å². The van der Waals surface area contributed by atoms with Gasteiger partial charge in [0, 0.05) is 0 Å². The van der Waals surface area contributed by atoms with Crippen molar-refractivity contribution >= 4 is 43.3 Å². The Morgan fingerprint density at radius 2 is 1.71 bits per heavy atom. The molecule has 0 amide bonds. The van der Waals surface area contributed by atoms with Crippen molar-refractivity contribution in [3.05, 3.63) is 0 Å². The van der Waals surface area contributed by atoms with Crippen LogP contribution in [0, 0.1) is 0 Å². The Balaban J connectivity index is 3.33. The second-order valence-electron chi connectivity index (χ2n) is 0.813. The average molecular weight is 179 g/mol. The van der Waals surface area contributed by atoms with Crippen LogP contribution in [0.2, 0.25) is 0 Å². The minimum atomic E-state index is -0.749. The summed E-state index contributed by atoms with van der Waals surface area (Å²) in [7, 11) is -0.226. The fraction of sp³-hybridized carbons (Fsp3) is 1.00. The van der Waals surface area contributed by atoms with Gasteiger partial charge in [0.15, 0.2) is 8.46 Å². The lowest BCUT2D eigenvalue weighted by molar-refractivity contribution is 0.597. The van der Waals surface area contributed by atoms with E-state index in [9.17, 15) is 4.57 Å². The molecule has 5 heteroatoms. The van der Waals surface area contributed by atoms with Crippen molar-refractivity contribution in [2.24, 2.45) is 0 Å². The standard InChI is InChI=1S/C2H2Cl3OP/c3-1(4)2(5)7-6/h1-2H. The third kappa shape index (κ3) is 3.54. The fourth-order valence-corrected chi connectivity index (χ4v) is 0.414. The van der Waals surface area contributed by atoms with Crippen molar-refractivity contribution in [3.63, 3.8) is 0 Å². The number of alkyl halides is 3. The highest BCUT2D eigenvalue weighted by molar-refractivity contribution is 7.28. The van der Waals surface area contributed by atoms with Gasteiger partial charge in [-0.3, -0.25) is 4.57 Å². The normalized spacial score (nSPS) is 15.4. The lowest BCUT2D eigenvalue weighted by Crippen LogP contribution is -1.96. The topological polar surface area (TPSA) is 17.1 Å². The quantitative estimate of drug-likeness (QED) is 0.470. The zero-order chi connectivity index (χ0) is 5.86. The first-order chi connectivity index (χ1) is 3.18. The second-order valence-corrected chi connectivity index (χ2v) is 3.52. The second kappa shape index (κ2) is 3.91. The summed E-state index contributed by atoms with van der Waals surface area (Å²) >= 11 is 15.5. The summed E-state index contributed by atoms with van der Waals surface area (Å²) in [4.78, 5) is -0.749. The van der Waals surface area contributed by atoms with E-state index in [0.717, 1.165) is 0 Å². The van der Waals surface area contributed by atoms with Gasteiger partial charge in [-0.25, -0.2) is 0 Å². The van der Waals surface area contributed by atoms with E-state index in [0.29, 0.717) is 0 Å². The zero-order valence-electron chi connectivity index (χ0n) is 3.14. The van der Waals surface area contributed by atoms with Crippen LogP contribution in [0.1, 0.15) is 0 Å². The number of rotatable bonds is 2. The third-order valence-electron chi connectivity index (χ3n) is 0.309. The van der Waals surface area contributed by atoms with Crippen LogP contribution >= 0.6 is 43.3 Å². The molecular weight excluding hydrogens is 177 g/mol. The van der Waals surface area contributed by atoms with Gasteiger partial charge in [-0.2, -0.15) is 0 Å². The van der Waals surface area contributed by atoms with E-state index >= 15 is 0 Å². The van der Waals surface area contributed by atoms with Gasteiger partial charge in [-0.1, -0.05) is 0 Å². The maximum Gasteiger partial charge on any atom is 0.177 e. The van der Waals surface area contributed by atoms with Gasteiger partial charge in [0.25, 0.3) is 0 Å². The van der Waals surface area contributed by atoms with Crippen LogP contribution in [-0.2, 0) is 4.57 Å². The maximum atomic E-state index is 9.74. The van der Waals surface area contributed by atoms with E-state index in [4.69, 9.17) is 34.8 Å². The van der Waals surface area contributed by atoms with Gasteiger partial charge < -0.3 is 0 Å². The Labute approximate surface area is 58.1 Å². The molecule has 0 aromatic rings. The molecule has 0 aromatic carbocycles. The summed E-state index contributed by atoms with van der Waals surface area (Å²) in [6.07, 6.45) is 0. The lowest BCUT2D eigenvalue weighted by atomic mass is 10.9. The summed E-state index contributed by atoms with van der Waals surface area (Å²) in [6.45, 7) is 0. The Morgan fingerprint density at radius 3 is 1.71 bits per heavy atom. The molecule has 0 aliphatic rings. The van der Waals surface area contributed by atoms with Crippen molar-refractivity contribution in [2.45, 2.75) is 9.95 Å². The molecule has 0 aliphatic carbocycles. The highest BCUT2D eigenvalue weighted by Crippen LogP contribution is 2.22. The van der Waals surface area contributed by atoms with Crippen molar-refractivity contribution in [2.75, 3.05) is 0 Å². The molecule has 0 rings (SSSR count). The molecule has 0 saturated heterocycles. The lowest BCUT2D eigenvalue weighted by Gasteiger charge is -1.95. The van der Waals surface area contributed by atoms with Crippen LogP contribution in [-0.4, -0.2) is 9.95 Å². The predicted octanol–water partition coefficient (Wildman–Crippen LogP) is 2.65. The van der Waals surface area contributed by atoms with E-state index in [-0.39, 0.29) is 8.46 Å². The molecular formula is C2H2Cl3OP. The fourth-order valence-electron chi connectivity index (χ4n) is 0.0460. The molecule has 0 aliphatic heterocycles. The Bertz CT molecular complexity index is 66.0. The molecule has 0 aromatic heterocycles. The van der Waals surface area contributed by atoms with Crippen LogP contribution in [0.15, 0.2) is 0 Å². The SMILES string of the molecule is O=PC(Cl)C(Cl)Cl. The maximum absolute atomic E-state index is 9.74. The van der Waals surface area contributed by atoms with Gasteiger partial charge in [0.2, 0.25) is 0 Å². The van der Waals surface area contributed by atoms with Crippen molar-refractivity contribution in [1.29, 1.82) is 0 Å². The molecule has 0 radical (unpaired) electrons. The molecule has 0 saturated carbocycles. The van der Waals surface area contributed by atoms with E-state index in [1.807, 2.05) is 0 Å². The Kier molecular flexibility index (Phi) is 4.45. The number of hydrogen-bond donors (Lipinski definition) is 0. The van der Waals surface area contributed by atoms with E-state index in [1.54, 1.807) is 0 Å². The molecule has 0 fully saturated rings. The van der Waals surface area contributed by atoms with Gasteiger partial charge >= 0.3 is 0 Å². The minimum Gasteiger partial charge on any atom is -0.273 e. The summed E-state index contributed by atoms with van der Waals surface area (Å²) < 4.78 is 9.74. The first-order valence-corrected chi connectivity index (χ1v) is 3.62. The van der Waals surface area contributed by atoms with Crippen molar-refractivity contribution < 1.29 is 4.57 Å². The smallest absolute Gasteiger partial charge is 0.177 e. The number of hydrogen-bond acceptors (Lipinski definition) is 1. The Morgan fingerprint density at radius 1 is 1.29 bits per heavy atom. The highest BCUT2D eigenvalue weighted by Gasteiger charge is 2.11. The predicted molar refractivity (Wildman–Crippen MR) is 32.7 cm³/mol. The monoisotopic (exact) mass is 178 g/mol. The first-order valence-electron chi connectivity index (χ1n) is 1.43. The third-order valence-corrected chi connectivity index (χ3v) is 2.41. The summed E-state index contributed by atoms with van der Waals surface area (Å²) in [5.74, 6) is 0. The Hall–Kier alpha value is 0.970. The molecule has 0 spiro atoms. The van der Waals surface area contributed by atoms with Crippen LogP contribution in [0.4, 0.5) is 0 Å². The van der Waals surface area contributed by atoms with Crippen molar-refractivity contribution in [3.8, 4) is 0 Å². The molecule has 0 bridgehead atoms. The minimum absolute atomic E-state index is 0.226. The van der Waals surface area contributed by atoms with Crippen LogP contribution in [0.3, 0.4) is 0 Å². The molecule has 0 N–H and O–H groups in total.